The van der Waals surface area contributed by atoms with Gasteiger partial charge in [-0.3, -0.25) is 0 Å². The minimum absolute atomic E-state index is 0.175. The highest BCUT2D eigenvalue weighted by atomic mass is 16.3. The largest absolute Gasteiger partial charge is 0.467 e. The van der Waals surface area contributed by atoms with Crippen molar-refractivity contribution in [2.24, 2.45) is 0 Å². The molecule has 0 aliphatic carbocycles. The highest BCUT2D eigenvalue weighted by Crippen LogP contribution is 2.23. The molecule has 0 bridgehead atoms. The Hall–Kier alpha value is -2.57. The lowest BCUT2D eigenvalue weighted by molar-refractivity contribution is 0.517. The third-order valence-electron chi connectivity index (χ3n) is 3.18. The summed E-state index contributed by atoms with van der Waals surface area (Å²) in [5.41, 5.74) is 0.824. The highest BCUT2D eigenvalue weighted by molar-refractivity contribution is 5.62. The van der Waals surface area contributed by atoms with Crippen molar-refractivity contribution < 1.29 is 4.42 Å². The average Bonchev–Trinajstić information content (AvgIpc) is 3.05. The van der Waals surface area contributed by atoms with Crippen molar-refractivity contribution in [3.05, 3.63) is 46.5 Å². The summed E-state index contributed by atoms with van der Waals surface area (Å²) in [6, 6.07) is 3.69. The maximum absolute atomic E-state index is 11.8. The molecule has 3 aromatic rings. The third kappa shape index (κ3) is 2.54. The number of hydrogen-bond donors (Lipinski definition) is 2. The van der Waals surface area contributed by atoms with Crippen LogP contribution in [0, 0.1) is 0 Å². The minimum atomic E-state index is -0.279. The van der Waals surface area contributed by atoms with Gasteiger partial charge in [0.2, 0.25) is 5.65 Å². The number of aromatic nitrogens is 4. The van der Waals surface area contributed by atoms with Crippen LogP contribution in [-0.2, 0) is 12.0 Å². The second kappa shape index (κ2) is 4.76. The first-order valence-electron chi connectivity index (χ1n) is 6.69. The Kier molecular flexibility index (Phi) is 3.04. The van der Waals surface area contributed by atoms with E-state index < -0.39 is 0 Å². The van der Waals surface area contributed by atoms with Crippen LogP contribution >= 0.6 is 0 Å². The van der Waals surface area contributed by atoms with Crippen LogP contribution in [0.25, 0.3) is 5.65 Å². The molecule has 0 atom stereocenters. The van der Waals surface area contributed by atoms with Gasteiger partial charge in [0.15, 0.2) is 5.82 Å². The maximum Gasteiger partial charge on any atom is 0.347 e. The number of nitrogens with one attached hydrogen (secondary N) is 2. The van der Waals surface area contributed by atoms with E-state index in [0.29, 0.717) is 18.0 Å². The van der Waals surface area contributed by atoms with Gasteiger partial charge in [-0.15, -0.1) is 5.10 Å². The summed E-state index contributed by atoms with van der Waals surface area (Å²) in [6.45, 7) is 6.61. The molecule has 3 heterocycles. The van der Waals surface area contributed by atoms with E-state index in [4.69, 9.17) is 4.42 Å². The smallest absolute Gasteiger partial charge is 0.347 e. The first kappa shape index (κ1) is 13.4. The van der Waals surface area contributed by atoms with Gasteiger partial charge in [0, 0.05) is 11.6 Å². The number of aromatic amines is 1. The maximum atomic E-state index is 11.8. The molecule has 0 spiro atoms. The quantitative estimate of drug-likeness (QED) is 0.768. The van der Waals surface area contributed by atoms with Gasteiger partial charge in [-0.1, -0.05) is 20.8 Å². The number of furan rings is 1. The zero-order chi connectivity index (χ0) is 15.0. The molecule has 3 aromatic heterocycles. The average molecular weight is 287 g/mol. The molecule has 7 heteroatoms. The molecule has 0 saturated carbocycles. The van der Waals surface area contributed by atoms with Gasteiger partial charge in [-0.2, -0.15) is 0 Å². The fourth-order valence-corrected chi connectivity index (χ4v) is 1.98. The molecule has 2 N–H and O–H groups in total. The fraction of sp³-hybridized carbons (Fsp3) is 0.357. The van der Waals surface area contributed by atoms with Crippen molar-refractivity contribution in [1.29, 1.82) is 0 Å². The molecule has 110 valence electrons. The lowest BCUT2D eigenvalue weighted by Crippen LogP contribution is -2.19. The van der Waals surface area contributed by atoms with E-state index in [9.17, 15) is 4.79 Å². The molecule has 3 rings (SSSR count). The summed E-state index contributed by atoms with van der Waals surface area (Å²) in [4.78, 5) is 16.4. The van der Waals surface area contributed by atoms with E-state index in [-0.39, 0.29) is 11.1 Å². The topological polar surface area (TPSA) is 88.2 Å². The zero-order valence-electron chi connectivity index (χ0n) is 12.2. The number of anilines is 1. The van der Waals surface area contributed by atoms with E-state index in [1.54, 1.807) is 12.5 Å². The van der Waals surface area contributed by atoms with Gasteiger partial charge < -0.3 is 9.73 Å². The van der Waals surface area contributed by atoms with Crippen molar-refractivity contribution in [2.45, 2.75) is 32.7 Å². The summed E-state index contributed by atoms with van der Waals surface area (Å²) in [7, 11) is 0. The predicted molar refractivity (Wildman–Crippen MR) is 78.3 cm³/mol. The molecule has 0 fully saturated rings. The molecule has 7 nitrogen and oxygen atoms in total. The van der Waals surface area contributed by atoms with Gasteiger partial charge in [-0.25, -0.2) is 19.3 Å². The van der Waals surface area contributed by atoms with Gasteiger partial charge >= 0.3 is 5.69 Å². The van der Waals surface area contributed by atoms with Crippen molar-refractivity contribution >= 4 is 11.5 Å². The first-order chi connectivity index (χ1) is 9.95. The van der Waals surface area contributed by atoms with Crippen LogP contribution in [0.2, 0.25) is 0 Å². The van der Waals surface area contributed by atoms with Crippen LogP contribution in [0.15, 0.2) is 33.8 Å². The van der Waals surface area contributed by atoms with Gasteiger partial charge in [-0.05, 0) is 12.1 Å². The van der Waals surface area contributed by atoms with Crippen molar-refractivity contribution in [3.63, 3.8) is 0 Å². The monoisotopic (exact) mass is 287 g/mol. The Labute approximate surface area is 121 Å². The van der Waals surface area contributed by atoms with Crippen LogP contribution in [0.5, 0.6) is 0 Å². The molecule has 0 aromatic carbocycles. The van der Waals surface area contributed by atoms with Crippen LogP contribution in [-0.4, -0.2) is 19.6 Å². The molecular weight excluding hydrogens is 270 g/mol. The molecule has 0 radical (unpaired) electrons. The molecule has 0 saturated heterocycles. The lowest BCUT2D eigenvalue weighted by atomic mass is 9.93. The van der Waals surface area contributed by atoms with Crippen LogP contribution < -0.4 is 11.0 Å². The normalized spacial score (nSPS) is 12.0. The van der Waals surface area contributed by atoms with Gasteiger partial charge in [0.1, 0.15) is 5.76 Å². The van der Waals surface area contributed by atoms with E-state index >= 15 is 0 Å². The summed E-state index contributed by atoms with van der Waals surface area (Å²) < 4.78 is 6.75. The Balaban J connectivity index is 2.05. The summed E-state index contributed by atoms with van der Waals surface area (Å²) in [5.74, 6) is 1.34. The first-order valence-corrected chi connectivity index (χ1v) is 6.69. The fourth-order valence-electron chi connectivity index (χ4n) is 1.98. The molecular formula is C14H17N5O2. The second-order valence-corrected chi connectivity index (χ2v) is 5.88. The van der Waals surface area contributed by atoms with Crippen molar-refractivity contribution in [1.82, 2.24) is 19.6 Å². The van der Waals surface area contributed by atoms with Crippen LogP contribution in [0.3, 0.4) is 0 Å². The zero-order valence-corrected chi connectivity index (χ0v) is 12.2. The Morgan fingerprint density at radius 3 is 2.90 bits per heavy atom. The summed E-state index contributed by atoms with van der Waals surface area (Å²) >= 11 is 0. The Bertz CT molecular complexity index is 808. The number of H-pyrrole nitrogens is 1. The predicted octanol–water partition coefficient (Wildman–Crippen LogP) is 1.92. The highest BCUT2D eigenvalue weighted by Gasteiger charge is 2.20. The van der Waals surface area contributed by atoms with E-state index in [2.05, 4.69) is 20.5 Å². The number of rotatable bonds is 3. The van der Waals surface area contributed by atoms with E-state index in [0.717, 1.165) is 11.5 Å². The number of nitrogens with zero attached hydrogens (tertiary/aromatic N) is 3. The Morgan fingerprint density at radius 2 is 2.24 bits per heavy atom. The SMILES string of the molecule is CC(C)(C)c1cn2c(=O)[nH]nc2c(NCc2ccco2)n1. The molecule has 21 heavy (non-hydrogen) atoms. The lowest BCUT2D eigenvalue weighted by Gasteiger charge is -2.18. The van der Waals surface area contributed by atoms with Crippen LogP contribution in [0.1, 0.15) is 32.2 Å². The number of hydrogen-bond acceptors (Lipinski definition) is 5. The summed E-state index contributed by atoms with van der Waals surface area (Å²) in [5, 5.41) is 9.62. The standard InChI is InChI=1S/C14H17N5O2/c1-14(2,3)10-8-19-12(17-18-13(19)20)11(16-10)15-7-9-5-4-6-21-9/h4-6,8H,7H2,1-3H3,(H,15,16)(H,18,20). The number of fused-ring (bicyclic) bond motifs is 1. The molecule has 0 aliphatic rings. The molecule has 0 aliphatic heterocycles. The molecule has 0 amide bonds. The Morgan fingerprint density at radius 1 is 1.43 bits per heavy atom. The van der Waals surface area contributed by atoms with E-state index in [1.165, 1.54) is 4.40 Å². The summed E-state index contributed by atoms with van der Waals surface area (Å²) in [6.07, 6.45) is 3.34. The second-order valence-electron chi connectivity index (χ2n) is 5.88. The van der Waals surface area contributed by atoms with E-state index in [1.807, 2.05) is 32.9 Å². The van der Waals surface area contributed by atoms with Crippen LogP contribution in [0.4, 0.5) is 5.82 Å². The van der Waals surface area contributed by atoms with Crippen molar-refractivity contribution in [3.8, 4) is 0 Å². The van der Waals surface area contributed by atoms with Gasteiger partial charge in [0.25, 0.3) is 0 Å². The molecule has 0 unspecified atom stereocenters. The minimum Gasteiger partial charge on any atom is -0.467 e. The third-order valence-corrected chi connectivity index (χ3v) is 3.18. The van der Waals surface area contributed by atoms with Crippen molar-refractivity contribution in [2.75, 3.05) is 5.32 Å². The van der Waals surface area contributed by atoms with Gasteiger partial charge in [0.05, 0.1) is 18.5 Å².